The monoisotopic (exact) mass is 546 g/mol. The summed E-state index contributed by atoms with van der Waals surface area (Å²) in [4.78, 5) is 33.3. The number of aromatic nitrogens is 3. The van der Waals surface area contributed by atoms with Crippen molar-refractivity contribution >= 4 is 34.2 Å². The summed E-state index contributed by atoms with van der Waals surface area (Å²) in [5.41, 5.74) is 3.49. The van der Waals surface area contributed by atoms with Crippen LogP contribution in [0.4, 0.5) is 13.2 Å². The van der Waals surface area contributed by atoms with Gasteiger partial charge >= 0.3 is 12.1 Å². The van der Waals surface area contributed by atoms with Crippen molar-refractivity contribution in [2.24, 2.45) is 0 Å². The number of hydrogen-bond acceptors (Lipinski definition) is 7. The molecule has 0 saturated heterocycles. The molecule has 1 aromatic carbocycles. The quantitative estimate of drug-likeness (QED) is 0.307. The third-order valence-corrected chi connectivity index (χ3v) is 7.26. The number of rotatable bonds is 5. The van der Waals surface area contributed by atoms with Crippen molar-refractivity contribution in [1.29, 1.82) is 0 Å². The lowest BCUT2D eigenvalue weighted by molar-refractivity contribution is -0.192. The highest BCUT2D eigenvalue weighted by Gasteiger charge is 2.38. The Balaban J connectivity index is 0.000000426. The molecule has 1 amide bonds. The van der Waals surface area contributed by atoms with Crippen LogP contribution in [0.3, 0.4) is 0 Å². The van der Waals surface area contributed by atoms with Crippen molar-refractivity contribution in [1.82, 2.24) is 20.0 Å². The van der Waals surface area contributed by atoms with Gasteiger partial charge in [0.05, 0.1) is 11.6 Å². The van der Waals surface area contributed by atoms with E-state index in [1.165, 1.54) is 30.6 Å². The first-order chi connectivity index (χ1) is 18.2. The molecule has 200 valence electrons. The van der Waals surface area contributed by atoms with E-state index in [2.05, 4.69) is 22.0 Å². The Bertz CT molecular complexity index is 1400. The molecule has 12 heteroatoms. The van der Waals surface area contributed by atoms with Gasteiger partial charge < -0.3 is 14.5 Å². The van der Waals surface area contributed by atoms with Crippen LogP contribution in [0, 0.1) is 0 Å². The molecule has 1 saturated carbocycles. The van der Waals surface area contributed by atoms with E-state index < -0.39 is 12.1 Å². The topological polar surface area (TPSA) is 109 Å². The van der Waals surface area contributed by atoms with Crippen LogP contribution in [0.15, 0.2) is 53.4 Å². The van der Waals surface area contributed by atoms with Gasteiger partial charge in [-0.05, 0) is 55.2 Å². The van der Waals surface area contributed by atoms with Crippen LogP contribution < -0.4 is 0 Å². The van der Waals surface area contributed by atoms with E-state index in [1.807, 2.05) is 35.2 Å². The molecule has 0 aliphatic heterocycles. The molecule has 1 N–H and O–H groups in total. The maximum atomic E-state index is 13.2. The third-order valence-electron chi connectivity index (χ3n) is 6.26. The number of carbonyl (C=O) groups is 2. The average molecular weight is 547 g/mol. The molecule has 3 aromatic heterocycles. The minimum atomic E-state index is -5.08. The number of pyridine rings is 1. The molecule has 38 heavy (non-hydrogen) atoms. The zero-order valence-electron chi connectivity index (χ0n) is 20.4. The average Bonchev–Trinajstić information content (AvgIpc) is 3.57. The number of carboxylic acids is 1. The van der Waals surface area contributed by atoms with E-state index in [0.29, 0.717) is 27.2 Å². The normalized spacial score (nSPS) is 14.1. The van der Waals surface area contributed by atoms with Crippen molar-refractivity contribution in [2.45, 2.75) is 51.2 Å². The number of halogens is 3. The summed E-state index contributed by atoms with van der Waals surface area (Å²) in [6.07, 6.45) is 6.01. The molecule has 0 spiro atoms. The third kappa shape index (κ3) is 6.18. The fourth-order valence-corrected chi connectivity index (χ4v) is 5.27. The lowest BCUT2D eigenvalue weighted by Crippen LogP contribution is -2.41. The first-order valence-corrected chi connectivity index (χ1v) is 12.9. The van der Waals surface area contributed by atoms with E-state index in [1.54, 1.807) is 18.6 Å². The van der Waals surface area contributed by atoms with Gasteiger partial charge in [0, 0.05) is 25.0 Å². The van der Waals surface area contributed by atoms with Gasteiger partial charge in [0.25, 0.3) is 5.91 Å². The molecule has 5 rings (SSSR count). The molecule has 8 nitrogen and oxygen atoms in total. The van der Waals surface area contributed by atoms with Crippen molar-refractivity contribution in [3.63, 3.8) is 0 Å². The Morgan fingerprint density at radius 2 is 1.79 bits per heavy atom. The van der Waals surface area contributed by atoms with Crippen molar-refractivity contribution in [2.75, 3.05) is 6.54 Å². The Morgan fingerprint density at radius 3 is 2.42 bits per heavy atom. The number of alkyl halides is 3. The number of carbonyl (C=O) groups excluding carboxylic acids is 1. The summed E-state index contributed by atoms with van der Waals surface area (Å²) in [5, 5.41) is 13.0. The van der Waals surface area contributed by atoms with E-state index in [4.69, 9.17) is 14.4 Å². The number of amides is 1. The van der Waals surface area contributed by atoms with Gasteiger partial charge in [-0.3, -0.25) is 9.78 Å². The number of hydrogen-bond donors (Lipinski definition) is 1. The second kappa shape index (κ2) is 11.7. The van der Waals surface area contributed by atoms with Gasteiger partial charge in [-0.2, -0.15) is 13.2 Å². The summed E-state index contributed by atoms with van der Waals surface area (Å²) in [6, 6.07) is 10.3. The maximum Gasteiger partial charge on any atom is 0.490 e. The molecule has 0 radical (unpaired) electrons. The summed E-state index contributed by atoms with van der Waals surface area (Å²) in [5.74, 6) is -2.68. The van der Waals surface area contributed by atoms with Crippen molar-refractivity contribution in [3.05, 3.63) is 53.8 Å². The highest BCUT2D eigenvalue weighted by atomic mass is 32.1. The summed E-state index contributed by atoms with van der Waals surface area (Å²) in [6.45, 7) is 2.78. The van der Waals surface area contributed by atoms with Gasteiger partial charge in [-0.25, -0.2) is 9.78 Å². The van der Waals surface area contributed by atoms with Crippen LogP contribution in [0.1, 0.15) is 48.7 Å². The Labute approximate surface area is 220 Å². The molecule has 0 unspecified atom stereocenters. The zero-order chi connectivity index (χ0) is 27.3. The van der Waals surface area contributed by atoms with Crippen LogP contribution in [0.25, 0.3) is 32.8 Å². The van der Waals surface area contributed by atoms with E-state index in [-0.39, 0.29) is 5.91 Å². The molecule has 4 aromatic rings. The standard InChI is InChI=1S/C24H24N4O2S.C2HF3O2/c1-2-28(18-6-4-3-5-7-18)24(29)21-15-26-23(31-21)22-19-9-8-17(14-20(19)30-27-22)16-10-12-25-13-11-16;3-2(4,5)1(6)7/h8-15,18H,2-7H2,1H3;(H,6,7). The second-order valence-electron chi connectivity index (χ2n) is 8.69. The van der Waals surface area contributed by atoms with E-state index >= 15 is 0 Å². The number of benzene rings is 1. The lowest BCUT2D eigenvalue weighted by atomic mass is 9.94. The Hall–Kier alpha value is -3.80. The number of fused-ring (bicyclic) bond motifs is 1. The van der Waals surface area contributed by atoms with Gasteiger partial charge in [-0.1, -0.05) is 30.5 Å². The summed E-state index contributed by atoms with van der Waals surface area (Å²) < 4.78 is 37.3. The Morgan fingerprint density at radius 1 is 1.11 bits per heavy atom. The fourth-order valence-electron chi connectivity index (χ4n) is 4.40. The second-order valence-corrected chi connectivity index (χ2v) is 9.72. The van der Waals surface area contributed by atoms with Gasteiger partial charge in [-0.15, -0.1) is 11.3 Å². The zero-order valence-corrected chi connectivity index (χ0v) is 21.3. The predicted molar refractivity (Wildman–Crippen MR) is 136 cm³/mol. The van der Waals surface area contributed by atoms with Crippen LogP contribution in [-0.2, 0) is 4.79 Å². The molecule has 3 heterocycles. The maximum absolute atomic E-state index is 13.2. The molecule has 1 aliphatic rings. The van der Waals surface area contributed by atoms with E-state index in [9.17, 15) is 18.0 Å². The largest absolute Gasteiger partial charge is 0.490 e. The number of nitrogens with zero attached hydrogens (tertiary/aromatic N) is 4. The molecule has 0 bridgehead atoms. The smallest absolute Gasteiger partial charge is 0.475 e. The first-order valence-electron chi connectivity index (χ1n) is 12.1. The molecule has 1 aliphatic carbocycles. The number of thiazole rings is 1. The lowest BCUT2D eigenvalue weighted by Gasteiger charge is -2.33. The number of aliphatic carboxylic acids is 1. The predicted octanol–water partition coefficient (Wildman–Crippen LogP) is 6.44. The number of carboxylic acid groups (broad SMARTS) is 1. The molecular weight excluding hydrogens is 521 g/mol. The van der Waals surface area contributed by atoms with Crippen LogP contribution in [0.5, 0.6) is 0 Å². The van der Waals surface area contributed by atoms with Crippen LogP contribution >= 0.6 is 11.3 Å². The summed E-state index contributed by atoms with van der Waals surface area (Å²) >= 11 is 1.39. The van der Waals surface area contributed by atoms with Crippen molar-refractivity contribution < 1.29 is 32.4 Å². The van der Waals surface area contributed by atoms with E-state index in [0.717, 1.165) is 35.9 Å². The molecule has 1 fully saturated rings. The minimum Gasteiger partial charge on any atom is -0.475 e. The molecular formula is C26H25F3N4O4S. The SMILES string of the molecule is CCN(C(=O)c1cnc(-c2noc3cc(-c4ccncc4)ccc23)s1)C1CCCCC1.O=C(O)C(F)(F)F. The van der Waals surface area contributed by atoms with Gasteiger partial charge in [0.2, 0.25) is 0 Å². The van der Waals surface area contributed by atoms with Gasteiger partial charge in [0.15, 0.2) is 5.58 Å². The highest BCUT2D eigenvalue weighted by Crippen LogP contribution is 2.34. The highest BCUT2D eigenvalue weighted by molar-refractivity contribution is 7.17. The fraction of sp³-hybridized carbons (Fsp3) is 0.346. The van der Waals surface area contributed by atoms with Gasteiger partial charge in [0.1, 0.15) is 15.6 Å². The summed E-state index contributed by atoms with van der Waals surface area (Å²) in [7, 11) is 0. The van der Waals surface area contributed by atoms with Crippen LogP contribution in [-0.4, -0.2) is 55.8 Å². The Kier molecular flexibility index (Phi) is 8.40. The van der Waals surface area contributed by atoms with Crippen molar-refractivity contribution in [3.8, 4) is 21.8 Å². The minimum absolute atomic E-state index is 0.0749. The van der Waals surface area contributed by atoms with Crippen LogP contribution in [0.2, 0.25) is 0 Å². The molecule has 0 atom stereocenters. The first kappa shape index (κ1) is 27.2.